The molecule has 0 saturated heterocycles. The van der Waals surface area contributed by atoms with Crippen LogP contribution in [0.25, 0.3) is 0 Å². The molecule has 11 heavy (non-hydrogen) atoms. The van der Waals surface area contributed by atoms with E-state index < -0.39 is 0 Å². The number of allylic oxidation sites excluding steroid dienone is 4. The Hall–Kier alpha value is 0.697. The molecule has 0 aromatic heterocycles. The van der Waals surface area contributed by atoms with Crippen LogP contribution in [-0.2, 0) is 0 Å². The van der Waals surface area contributed by atoms with Gasteiger partial charge in [-0.05, 0) is 36.8 Å². The Bertz CT molecular complexity index is 211. The van der Waals surface area contributed by atoms with Crippen molar-refractivity contribution in [1.82, 2.24) is 0 Å². The molecule has 0 aromatic carbocycles. The number of rotatable bonds is 0. The van der Waals surface area contributed by atoms with Crippen LogP contribution in [0.4, 0.5) is 0 Å². The number of hydrogen-bond donors (Lipinski definition) is 0. The maximum absolute atomic E-state index is 2.40. The fourth-order valence-corrected chi connectivity index (χ4v) is 2.89. The molecule has 0 spiro atoms. The summed E-state index contributed by atoms with van der Waals surface area (Å²) in [6.07, 6.45) is 10.4. The van der Waals surface area contributed by atoms with E-state index >= 15 is 0 Å². The van der Waals surface area contributed by atoms with E-state index in [-0.39, 0.29) is 31.0 Å². The van der Waals surface area contributed by atoms with Crippen molar-refractivity contribution in [2.75, 3.05) is 0 Å². The minimum atomic E-state index is 0. The third-order valence-electron chi connectivity index (χ3n) is 2.69. The van der Waals surface area contributed by atoms with Crippen LogP contribution < -0.4 is 29.6 Å². The molecule has 2 rings (SSSR count). The predicted molar refractivity (Wildman–Crippen MR) is 49.4 cm³/mol. The van der Waals surface area contributed by atoms with Crippen LogP contribution in [0, 0.1) is 0 Å². The van der Waals surface area contributed by atoms with Gasteiger partial charge in [0.1, 0.15) is 0 Å². The fraction of sp³-hybridized carbons (Fsp3) is 0.556. The molecule has 0 amide bonds. The summed E-state index contributed by atoms with van der Waals surface area (Å²) in [4.78, 5) is 0. The van der Waals surface area contributed by atoms with Crippen molar-refractivity contribution in [1.29, 1.82) is 0 Å². The molecule has 2 aliphatic rings. The Morgan fingerprint density at radius 3 is 2.82 bits per heavy atom. The molecule has 2 heteroatoms. The molecule has 0 fully saturated rings. The summed E-state index contributed by atoms with van der Waals surface area (Å²) in [5.74, 6) is 0. The Balaban J connectivity index is 0.000000605. The number of hydrogen-bond acceptors (Lipinski definition) is 0. The molecule has 0 heterocycles. The van der Waals surface area contributed by atoms with Crippen molar-refractivity contribution in [3.63, 3.8) is 0 Å². The van der Waals surface area contributed by atoms with Gasteiger partial charge in [0, 0.05) is 10.2 Å². The van der Waals surface area contributed by atoms with Crippen LogP contribution in [0.5, 0.6) is 0 Å². The van der Waals surface area contributed by atoms with E-state index in [2.05, 4.69) is 12.2 Å². The third-order valence-corrected chi connectivity index (χ3v) is 3.77. The molecule has 0 aliphatic heterocycles. The summed E-state index contributed by atoms with van der Waals surface area (Å²) in [7, 11) is 1.33. The van der Waals surface area contributed by atoms with Gasteiger partial charge >= 0.3 is 29.6 Å². The predicted octanol–water partition coefficient (Wildman–Crippen LogP) is -1.30. The second kappa shape index (κ2) is 4.08. The average molecular weight is 174 g/mol. The molecule has 0 aromatic rings. The molecular formula is C9H15NaSi. The Morgan fingerprint density at radius 1 is 1.36 bits per heavy atom. The second-order valence-electron chi connectivity index (χ2n) is 3.41. The first kappa shape index (κ1) is 9.78. The zero-order chi connectivity index (χ0) is 6.97. The molecule has 0 saturated carbocycles. The van der Waals surface area contributed by atoms with Crippen LogP contribution in [0.2, 0.25) is 5.54 Å². The maximum Gasteiger partial charge on any atom is 1.00 e. The summed E-state index contributed by atoms with van der Waals surface area (Å²) in [6, 6.07) is 0. The van der Waals surface area contributed by atoms with Crippen LogP contribution >= 0.6 is 0 Å². The van der Waals surface area contributed by atoms with Gasteiger partial charge in [0.2, 0.25) is 0 Å². The summed E-state index contributed by atoms with van der Waals surface area (Å²) >= 11 is 0. The normalized spacial score (nSPS) is 28.5. The maximum atomic E-state index is 2.40. The topological polar surface area (TPSA) is 0 Å². The van der Waals surface area contributed by atoms with E-state index in [0.29, 0.717) is 0 Å². The van der Waals surface area contributed by atoms with Crippen molar-refractivity contribution in [2.24, 2.45) is 0 Å². The molecule has 1 unspecified atom stereocenters. The molecule has 1 atom stereocenters. The molecule has 56 valence electrons. The van der Waals surface area contributed by atoms with Gasteiger partial charge < -0.3 is 1.43 Å². The van der Waals surface area contributed by atoms with Crippen molar-refractivity contribution in [3.05, 3.63) is 23.3 Å². The quantitative estimate of drug-likeness (QED) is 0.400. The Labute approximate surface area is 95.3 Å². The Morgan fingerprint density at radius 2 is 2.09 bits per heavy atom. The van der Waals surface area contributed by atoms with Crippen molar-refractivity contribution in [2.45, 2.75) is 31.2 Å². The summed E-state index contributed by atoms with van der Waals surface area (Å²) < 4.78 is 0. The largest absolute Gasteiger partial charge is 1.00 e. The van der Waals surface area contributed by atoms with Gasteiger partial charge in [0.15, 0.2) is 0 Å². The zero-order valence-electron chi connectivity index (χ0n) is 8.56. The van der Waals surface area contributed by atoms with Gasteiger partial charge in [-0.15, -0.1) is 0 Å². The van der Waals surface area contributed by atoms with Crippen molar-refractivity contribution < 1.29 is 31.0 Å². The van der Waals surface area contributed by atoms with E-state index in [4.69, 9.17) is 0 Å². The zero-order valence-corrected chi connectivity index (χ0v) is 11.6. The van der Waals surface area contributed by atoms with Gasteiger partial charge in [0.25, 0.3) is 0 Å². The standard InChI is InChI=1S/C9H14Si.Na.H/c10-9-6-5-7-3-1-2-4-8(7)9;;/h5-6,9H,1-4H2,10H3;;/q;+1;-1. The summed E-state index contributed by atoms with van der Waals surface area (Å²) in [5.41, 5.74) is 4.37. The van der Waals surface area contributed by atoms with Crippen molar-refractivity contribution in [3.8, 4) is 0 Å². The summed E-state index contributed by atoms with van der Waals surface area (Å²) in [6.45, 7) is 0. The van der Waals surface area contributed by atoms with E-state index in [1.807, 2.05) is 0 Å². The third kappa shape index (κ3) is 1.89. The monoisotopic (exact) mass is 174 g/mol. The minimum Gasteiger partial charge on any atom is -1.00 e. The van der Waals surface area contributed by atoms with Gasteiger partial charge in [-0.2, -0.15) is 0 Å². The first-order valence-electron chi connectivity index (χ1n) is 4.28. The van der Waals surface area contributed by atoms with Gasteiger partial charge in [-0.1, -0.05) is 17.7 Å². The SMILES string of the molecule is [H-].[Na+].[SiH3]C1C=CC2=C1CCCC2. The van der Waals surface area contributed by atoms with Gasteiger partial charge in [-0.3, -0.25) is 0 Å². The fourth-order valence-electron chi connectivity index (χ4n) is 2.04. The van der Waals surface area contributed by atoms with E-state index in [1.165, 1.54) is 35.9 Å². The van der Waals surface area contributed by atoms with Gasteiger partial charge in [-0.25, -0.2) is 0 Å². The molecule has 0 bridgehead atoms. The molecule has 0 nitrogen and oxygen atoms in total. The van der Waals surface area contributed by atoms with Crippen LogP contribution in [-0.4, -0.2) is 10.2 Å². The summed E-state index contributed by atoms with van der Waals surface area (Å²) in [5, 5.41) is 0. The van der Waals surface area contributed by atoms with E-state index in [9.17, 15) is 0 Å². The smallest absolute Gasteiger partial charge is 1.00 e. The average Bonchev–Trinajstić information content (AvgIpc) is 2.34. The van der Waals surface area contributed by atoms with Crippen molar-refractivity contribution >= 4 is 10.2 Å². The van der Waals surface area contributed by atoms with Crippen LogP contribution in [0.15, 0.2) is 23.3 Å². The molecule has 2 aliphatic carbocycles. The second-order valence-corrected chi connectivity index (χ2v) is 4.65. The van der Waals surface area contributed by atoms with E-state index in [0.717, 1.165) is 5.54 Å². The molecule has 0 N–H and O–H groups in total. The van der Waals surface area contributed by atoms with Gasteiger partial charge in [0.05, 0.1) is 0 Å². The minimum absolute atomic E-state index is 0. The molecule has 0 radical (unpaired) electrons. The van der Waals surface area contributed by atoms with Crippen LogP contribution in [0.3, 0.4) is 0 Å². The first-order valence-corrected chi connectivity index (χ1v) is 5.43. The van der Waals surface area contributed by atoms with Crippen LogP contribution in [0.1, 0.15) is 27.1 Å². The Kier molecular flexibility index (Phi) is 3.63. The molecular weight excluding hydrogens is 159 g/mol. The first-order chi connectivity index (χ1) is 4.88. The van der Waals surface area contributed by atoms with E-state index in [1.54, 1.807) is 11.1 Å².